The number of rotatable bonds is 9. The molecule has 0 fully saturated rings. The van der Waals surface area contributed by atoms with Crippen molar-refractivity contribution in [3.63, 3.8) is 0 Å². The van der Waals surface area contributed by atoms with Crippen LogP contribution in [0.4, 0.5) is 65.9 Å². The van der Waals surface area contributed by atoms with Crippen LogP contribution in [0.2, 0.25) is 0 Å². The first kappa shape index (κ1) is 30.2. The van der Waals surface area contributed by atoms with Crippen LogP contribution in [0.15, 0.2) is 24.3 Å². The number of hydrogen-bond acceptors (Lipinski definition) is 1. The van der Waals surface area contributed by atoms with Crippen LogP contribution >= 0.6 is 0 Å². The van der Waals surface area contributed by atoms with Gasteiger partial charge in [-0.2, -0.15) is 65.9 Å². The second-order valence-corrected chi connectivity index (χ2v) is 7.58. The second-order valence-electron chi connectivity index (χ2n) is 7.58. The van der Waals surface area contributed by atoms with Crippen molar-refractivity contribution in [2.75, 3.05) is 0 Å². The maximum atomic E-state index is 14.1. The normalized spacial score (nSPS) is 17.0. The number of alkyl halides is 15. The van der Waals surface area contributed by atoms with Crippen molar-refractivity contribution < 1.29 is 71.0 Å². The van der Waals surface area contributed by atoms with Crippen LogP contribution in [0, 0.1) is 0 Å². The van der Waals surface area contributed by atoms with Crippen molar-refractivity contribution >= 4 is 0 Å². The van der Waals surface area contributed by atoms with Crippen molar-refractivity contribution in [2.24, 2.45) is 0 Å². The van der Waals surface area contributed by atoms with Gasteiger partial charge in [-0.1, -0.05) is 31.2 Å². The number of halogens is 15. The van der Waals surface area contributed by atoms with Gasteiger partial charge in [-0.15, -0.1) is 0 Å². The van der Waals surface area contributed by atoms with E-state index in [0.29, 0.717) is 18.9 Å². The first-order valence-corrected chi connectivity index (χ1v) is 8.90. The van der Waals surface area contributed by atoms with Crippen molar-refractivity contribution in [3.8, 4) is 0 Å². The van der Waals surface area contributed by atoms with Gasteiger partial charge in [-0.05, 0) is 24.5 Å². The van der Waals surface area contributed by atoms with Crippen LogP contribution in [-0.4, -0.2) is 46.8 Å². The summed E-state index contributed by atoms with van der Waals surface area (Å²) in [6.45, 7) is 1.95. The quantitative estimate of drug-likeness (QED) is 0.333. The summed E-state index contributed by atoms with van der Waals surface area (Å²) in [7, 11) is 0. The summed E-state index contributed by atoms with van der Waals surface area (Å²) in [6.07, 6.45) is -10.1. The number of benzene rings is 1. The fourth-order valence-electron chi connectivity index (χ4n) is 2.74. The maximum Gasteiger partial charge on any atom is 0.460 e. The average molecular weight is 532 g/mol. The average Bonchev–Trinajstić information content (AvgIpc) is 2.65. The lowest BCUT2D eigenvalue weighted by Crippen LogP contribution is -2.72. The van der Waals surface area contributed by atoms with Crippen molar-refractivity contribution in [3.05, 3.63) is 35.4 Å². The summed E-state index contributed by atoms with van der Waals surface area (Å²) in [5.74, 6) is -47.0. The molecule has 34 heavy (non-hydrogen) atoms. The number of aryl methyl sites for hydroxylation is 1. The van der Waals surface area contributed by atoms with Crippen LogP contribution in [0.3, 0.4) is 0 Å². The molecule has 0 bridgehead atoms. The number of aliphatic hydroxyl groups is 1. The number of hydrogen-bond donors (Lipinski definition) is 1. The SMILES string of the molecule is CCc1ccc(C(C)(O)CC(F)(F)C(F)(F)C(F)(F)C(F)(F)C(F)(F)C(F)(F)C(F)(F)F)cc1. The zero-order chi connectivity index (χ0) is 27.4. The molecule has 1 aromatic carbocycles. The summed E-state index contributed by atoms with van der Waals surface area (Å²) in [4.78, 5) is 0. The van der Waals surface area contributed by atoms with Gasteiger partial charge < -0.3 is 5.11 Å². The monoisotopic (exact) mass is 532 g/mol. The van der Waals surface area contributed by atoms with E-state index in [-0.39, 0.29) is 0 Å². The fourth-order valence-corrected chi connectivity index (χ4v) is 2.74. The molecule has 0 aliphatic heterocycles. The zero-order valence-corrected chi connectivity index (χ0v) is 16.8. The van der Waals surface area contributed by atoms with Crippen LogP contribution in [0.5, 0.6) is 0 Å². The van der Waals surface area contributed by atoms with E-state index in [2.05, 4.69) is 0 Å². The lowest BCUT2D eigenvalue weighted by Gasteiger charge is -2.42. The Morgan fingerprint density at radius 2 is 0.941 bits per heavy atom. The van der Waals surface area contributed by atoms with Crippen molar-refractivity contribution in [1.29, 1.82) is 0 Å². The highest BCUT2D eigenvalue weighted by Gasteiger charge is 2.93. The summed E-state index contributed by atoms with van der Waals surface area (Å²) < 4.78 is 199. The molecular weight excluding hydrogens is 517 g/mol. The molecule has 0 aromatic heterocycles. The molecule has 0 saturated carbocycles. The summed E-state index contributed by atoms with van der Waals surface area (Å²) >= 11 is 0. The van der Waals surface area contributed by atoms with Crippen LogP contribution < -0.4 is 0 Å². The molecular formula is C18H15F15O. The Bertz CT molecular complexity index is 853. The minimum Gasteiger partial charge on any atom is -0.385 e. The molecule has 1 atom stereocenters. The first-order chi connectivity index (χ1) is 14.7. The largest absolute Gasteiger partial charge is 0.460 e. The molecule has 198 valence electrons. The molecule has 1 nitrogen and oxygen atoms in total. The third kappa shape index (κ3) is 4.41. The van der Waals surface area contributed by atoms with Crippen LogP contribution in [0.25, 0.3) is 0 Å². The lowest BCUT2D eigenvalue weighted by atomic mass is 9.83. The van der Waals surface area contributed by atoms with E-state index in [1.54, 1.807) is 6.92 Å². The Kier molecular flexibility index (Phi) is 7.42. The molecule has 1 unspecified atom stereocenters. The molecule has 0 radical (unpaired) electrons. The predicted molar refractivity (Wildman–Crippen MR) is 85.7 cm³/mol. The second kappa shape index (κ2) is 8.36. The first-order valence-electron chi connectivity index (χ1n) is 8.90. The zero-order valence-electron chi connectivity index (χ0n) is 16.8. The lowest BCUT2D eigenvalue weighted by molar-refractivity contribution is -0.453. The van der Waals surface area contributed by atoms with Crippen LogP contribution in [0.1, 0.15) is 31.4 Å². The van der Waals surface area contributed by atoms with Gasteiger partial charge in [0.15, 0.2) is 0 Å². The van der Waals surface area contributed by atoms with E-state index in [9.17, 15) is 71.0 Å². The molecule has 1 rings (SSSR count). The molecule has 0 aliphatic rings. The van der Waals surface area contributed by atoms with Crippen molar-refractivity contribution in [1.82, 2.24) is 0 Å². The molecule has 1 N–H and O–H groups in total. The van der Waals surface area contributed by atoms with E-state index >= 15 is 0 Å². The van der Waals surface area contributed by atoms with E-state index in [1.165, 1.54) is 12.1 Å². The van der Waals surface area contributed by atoms with E-state index in [4.69, 9.17) is 0 Å². The van der Waals surface area contributed by atoms with E-state index in [0.717, 1.165) is 12.1 Å². The highest BCUT2D eigenvalue weighted by molar-refractivity contribution is 5.27. The molecule has 0 amide bonds. The summed E-state index contributed by atoms with van der Waals surface area (Å²) in [5.41, 5.74) is -3.34. The highest BCUT2D eigenvalue weighted by atomic mass is 19.4. The van der Waals surface area contributed by atoms with Gasteiger partial charge in [0.2, 0.25) is 0 Å². The fraction of sp³-hybridized carbons (Fsp3) is 0.667. The van der Waals surface area contributed by atoms with Gasteiger partial charge >= 0.3 is 41.7 Å². The molecule has 0 aliphatic carbocycles. The minimum atomic E-state index is -8.35. The Morgan fingerprint density at radius 1 is 0.588 bits per heavy atom. The van der Waals surface area contributed by atoms with E-state index < -0.39 is 59.3 Å². The molecule has 0 saturated heterocycles. The molecule has 0 spiro atoms. The van der Waals surface area contributed by atoms with Gasteiger partial charge in [0.05, 0.1) is 12.0 Å². The third-order valence-corrected chi connectivity index (χ3v) is 4.94. The smallest absolute Gasteiger partial charge is 0.385 e. The van der Waals surface area contributed by atoms with E-state index in [1.807, 2.05) is 0 Å². The topological polar surface area (TPSA) is 20.2 Å². The van der Waals surface area contributed by atoms with Gasteiger partial charge in [0.25, 0.3) is 0 Å². The third-order valence-electron chi connectivity index (χ3n) is 4.94. The Hall–Kier alpha value is -1.87. The maximum absolute atomic E-state index is 14.1. The van der Waals surface area contributed by atoms with Gasteiger partial charge in [-0.25, -0.2) is 0 Å². The molecule has 16 heteroatoms. The highest BCUT2D eigenvalue weighted by Crippen LogP contribution is 2.63. The molecule has 1 aromatic rings. The summed E-state index contributed by atoms with van der Waals surface area (Å²) in [5, 5.41) is 10.1. The predicted octanol–water partition coefficient (Wildman–Crippen LogP) is 7.22. The summed E-state index contributed by atoms with van der Waals surface area (Å²) in [6, 6.07) is 4.06. The van der Waals surface area contributed by atoms with Gasteiger partial charge in [0, 0.05) is 0 Å². The van der Waals surface area contributed by atoms with Crippen molar-refractivity contribution in [2.45, 2.75) is 74.0 Å². The van der Waals surface area contributed by atoms with Crippen LogP contribution in [-0.2, 0) is 12.0 Å². The molecule has 0 heterocycles. The Labute approximate surface area is 181 Å². The standard InChI is InChI=1S/C18H15F15O/c1-3-9-4-6-10(7-5-9)11(2,34)8-12(19,20)13(21,22)14(23,24)15(25,26)16(27,28)17(29,30)18(31,32)33/h4-7,34H,3,8H2,1-2H3. The Morgan fingerprint density at radius 3 is 1.29 bits per heavy atom. The van der Waals surface area contributed by atoms with Gasteiger partial charge in [0.1, 0.15) is 0 Å². The minimum absolute atomic E-state index is 0.334. The van der Waals surface area contributed by atoms with Gasteiger partial charge in [-0.3, -0.25) is 0 Å². The Balaban J connectivity index is 3.50.